The summed E-state index contributed by atoms with van der Waals surface area (Å²) in [6.45, 7) is 4.64. The first-order valence-electron chi connectivity index (χ1n) is 7.10. The molecule has 0 aromatic heterocycles. The van der Waals surface area contributed by atoms with Gasteiger partial charge in [-0.25, -0.2) is 10.2 Å². The van der Waals surface area contributed by atoms with Gasteiger partial charge in [0.15, 0.2) is 0 Å². The van der Waals surface area contributed by atoms with Gasteiger partial charge in [0.1, 0.15) is 0 Å². The van der Waals surface area contributed by atoms with Gasteiger partial charge in [-0.2, -0.15) is 0 Å². The first-order valence-corrected chi connectivity index (χ1v) is 7.10. The Morgan fingerprint density at radius 1 is 1.00 bits per heavy atom. The van der Waals surface area contributed by atoms with E-state index < -0.39 is 6.03 Å². The van der Waals surface area contributed by atoms with Crippen molar-refractivity contribution in [1.82, 2.24) is 10.9 Å². The minimum Gasteiger partial charge on any atom is -0.350 e. The molecule has 0 spiro atoms. The number of hydrogen-bond donors (Lipinski definition) is 3. The Morgan fingerprint density at radius 2 is 1.58 bits per heavy atom. The number of amides is 3. The highest BCUT2D eigenvalue weighted by molar-refractivity contribution is 5.85. The number of rotatable bonds is 1. The number of primary amides is 1. The van der Waals surface area contributed by atoms with Gasteiger partial charge in [-0.05, 0) is 55.3 Å². The van der Waals surface area contributed by atoms with E-state index in [1.165, 1.54) is 19.3 Å². The van der Waals surface area contributed by atoms with Gasteiger partial charge in [-0.1, -0.05) is 13.8 Å². The second-order valence-corrected chi connectivity index (χ2v) is 7.85. The molecule has 19 heavy (non-hydrogen) atoms. The minimum atomic E-state index is -0.712. The molecule has 0 aliphatic heterocycles. The van der Waals surface area contributed by atoms with E-state index in [-0.39, 0.29) is 22.2 Å². The Balaban J connectivity index is 1.84. The fraction of sp³-hybridized carbons (Fsp3) is 0.857. The van der Waals surface area contributed by atoms with Crippen molar-refractivity contribution in [1.29, 1.82) is 0 Å². The normalized spacial score (nSPS) is 46.9. The standard InChI is InChI=1S/C14H23N3O2/c1-12-3-9-4-13(2,6-12)8-14(5-9,7-12)10(18)16-17-11(15)19/h9H,3-8H2,1-2H3,(H,16,18)(H3,15,17,19)/t9?,12-,13-,14?/m0/s1. The lowest BCUT2D eigenvalue weighted by Crippen LogP contribution is -2.61. The second-order valence-electron chi connectivity index (χ2n) is 7.85. The van der Waals surface area contributed by atoms with Crippen LogP contribution in [0.2, 0.25) is 0 Å². The zero-order valence-corrected chi connectivity index (χ0v) is 11.7. The third kappa shape index (κ3) is 1.99. The van der Waals surface area contributed by atoms with Crippen LogP contribution in [0, 0.1) is 22.2 Å². The van der Waals surface area contributed by atoms with Crippen molar-refractivity contribution in [2.75, 3.05) is 0 Å². The molecule has 0 aromatic carbocycles. The molecule has 3 amide bonds. The number of nitrogens with two attached hydrogens (primary N) is 1. The summed E-state index contributed by atoms with van der Waals surface area (Å²) >= 11 is 0. The Labute approximate surface area is 113 Å². The van der Waals surface area contributed by atoms with Crippen LogP contribution >= 0.6 is 0 Å². The van der Waals surface area contributed by atoms with E-state index in [2.05, 4.69) is 24.7 Å². The van der Waals surface area contributed by atoms with Gasteiger partial charge in [0.2, 0.25) is 5.91 Å². The maximum absolute atomic E-state index is 12.5. The van der Waals surface area contributed by atoms with Crippen molar-refractivity contribution in [2.24, 2.45) is 27.9 Å². The first-order chi connectivity index (χ1) is 8.74. The molecule has 5 heteroatoms. The molecular formula is C14H23N3O2. The molecule has 0 heterocycles. The Kier molecular flexibility index (Phi) is 2.45. The molecule has 106 valence electrons. The molecule has 0 radical (unpaired) electrons. The number of carbonyl (C=O) groups is 2. The molecule has 4 bridgehead atoms. The average molecular weight is 265 g/mol. The van der Waals surface area contributed by atoms with Crippen molar-refractivity contribution in [3.63, 3.8) is 0 Å². The van der Waals surface area contributed by atoms with Crippen LogP contribution in [-0.4, -0.2) is 11.9 Å². The molecule has 5 nitrogen and oxygen atoms in total. The lowest BCUT2D eigenvalue weighted by atomic mass is 9.40. The summed E-state index contributed by atoms with van der Waals surface area (Å²) in [5.41, 5.74) is 10.0. The van der Waals surface area contributed by atoms with Crippen LogP contribution in [-0.2, 0) is 4.79 Å². The van der Waals surface area contributed by atoms with Gasteiger partial charge < -0.3 is 5.73 Å². The molecule has 0 unspecified atom stereocenters. The summed E-state index contributed by atoms with van der Waals surface area (Å²) in [5, 5.41) is 0. The number of hydrazine groups is 1. The first kappa shape index (κ1) is 12.8. The van der Waals surface area contributed by atoms with E-state index in [9.17, 15) is 9.59 Å². The van der Waals surface area contributed by atoms with Gasteiger partial charge in [0, 0.05) is 0 Å². The molecule has 2 atom stereocenters. The predicted molar refractivity (Wildman–Crippen MR) is 70.7 cm³/mol. The third-order valence-corrected chi connectivity index (χ3v) is 5.41. The number of nitrogens with one attached hydrogen (secondary N) is 2. The van der Waals surface area contributed by atoms with Gasteiger partial charge in [0.25, 0.3) is 0 Å². The summed E-state index contributed by atoms with van der Waals surface area (Å²) in [6, 6.07) is -0.712. The lowest BCUT2D eigenvalue weighted by molar-refractivity contribution is -0.170. The van der Waals surface area contributed by atoms with Gasteiger partial charge >= 0.3 is 6.03 Å². The number of urea groups is 1. The molecule has 4 fully saturated rings. The molecule has 4 saturated carbocycles. The second kappa shape index (κ2) is 3.64. The highest BCUT2D eigenvalue weighted by Gasteiger charge is 2.62. The van der Waals surface area contributed by atoms with Crippen LogP contribution in [0.15, 0.2) is 0 Å². The van der Waals surface area contributed by atoms with Gasteiger partial charge in [-0.3, -0.25) is 10.2 Å². The fourth-order valence-corrected chi connectivity index (χ4v) is 5.95. The molecular weight excluding hydrogens is 242 g/mol. The Bertz CT molecular complexity index is 430. The van der Waals surface area contributed by atoms with Crippen LogP contribution in [0.3, 0.4) is 0 Å². The van der Waals surface area contributed by atoms with Crippen LogP contribution in [0.5, 0.6) is 0 Å². The van der Waals surface area contributed by atoms with E-state index in [1.807, 2.05) is 0 Å². The molecule has 4 aliphatic rings. The monoisotopic (exact) mass is 265 g/mol. The average Bonchev–Trinajstić information content (AvgIpc) is 2.20. The maximum Gasteiger partial charge on any atom is 0.330 e. The molecule has 4 aliphatic carbocycles. The van der Waals surface area contributed by atoms with Crippen molar-refractivity contribution in [3.05, 3.63) is 0 Å². The van der Waals surface area contributed by atoms with Crippen LogP contribution in [0.1, 0.15) is 52.4 Å². The smallest absolute Gasteiger partial charge is 0.330 e. The van der Waals surface area contributed by atoms with E-state index in [0.29, 0.717) is 5.92 Å². The summed E-state index contributed by atoms with van der Waals surface area (Å²) in [7, 11) is 0. The third-order valence-electron chi connectivity index (χ3n) is 5.41. The van der Waals surface area contributed by atoms with Crippen molar-refractivity contribution >= 4 is 11.9 Å². The Morgan fingerprint density at radius 3 is 2.05 bits per heavy atom. The highest BCUT2D eigenvalue weighted by atomic mass is 16.2. The van der Waals surface area contributed by atoms with Crippen molar-refractivity contribution < 1.29 is 9.59 Å². The predicted octanol–water partition coefficient (Wildman–Crippen LogP) is 1.68. The zero-order valence-electron chi connectivity index (χ0n) is 11.7. The number of hydrogen-bond acceptors (Lipinski definition) is 2. The lowest BCUT2D eigenvalue weighted by Gasteiger charge is -2.64. The van der Waals surface area contributed by atoms with Crippen LogP contribution in [0.4, 0.5) is 4.79 Å². The van der Waals surface area contributed by atoms with E-state index >= 15 is 0 Å². The summed E-state index contributed by atoms with van der Waals surface area (Å²) in [5.74, 6) is 0.610. The SMILES string of the molecule is C[C@@]12CC3CC(C(=O)NNC(N)=O)(C1)C[C@@](C)(C3)C2. The Hall–Kier alpha value is -1.26. The van der Waals surface area contributed by atoms with Crippen molar-refractivity contribution in [3.8, 4) is 0 Å². The fourth-order valence-electron chi connectivity index (χ4n) is 5.95. The highest BCUT2D eigenvalue weighted by Crippen LogP contribution is 2.69. The van der Waals surface area contributed by atoms with E-state index in [1.54, 1.807) is 0 Å². The summed E-state index contributed by atoms with van der Waals surface area (Å²) < 4.78 is 0. The molecule has 0 saturated heterocycles. The van der Waals surface area contributed by atoms with Crippen LogP contribution in [0.25, 0.3) is 0 Å². The topological polar surface area (TPSA) is 84.2 Å². The molecule has 4 rings (SSSR count). The zero-order chi connectivity index (χ0) is 13.9. The van der Waals surface area contributed by atoms with Gasteiger partial charge in [0.05, 0.1) is 5.41 Å². The van der Waals surface area contributed by atoms with E-state index in [4.69, 9.17) is 5.73 Å². The van der Waals surface area contributed by atoms with Gasteiger partial charge in [-0.15, -0.1) is 0 Å². The quantitative estimate of drug-likeness (QED) is 0.630. The minimum absolute atomic E-state index is 0.0483. The largest absolute Gasteiger partial charge is 0.350 e. The van der Waals surface area contributed by atoms with Crippen molar-refractivity contribution in [2.45, 2.75) is 52.4 Å². The van der Waals surface area contributed by atoms with E-state index in [0.717, 1.165) is 19.3 Å². The maximum atomic E-state index is 12.5. The molecule has 0 aromatic rings. The summed E-state index contributed by atoms with van der Waals surface area (Å²) in [6.07, 6.45) is 6.58. The molecule has 4 N–H and O–H groups in total. The number of carbonyl (C=O) groups excluding carboxylic acids is 2. The van der Waals surface area contributed by atoms with Crippen LogP contribution < -0.4 is 16.6 Å². The summed E-state index contributed by atoms with van der Waals surface area (Å²) in [4.78, 5) is 23.3.